The summed E-state index contributed by atoms with van der Waals surface area (Å²) in [4.78, 5) is 7.19. The Kier molecular flexibility index (Phi) is 6.29. The molecule has 1 heterocycles. The normalized spacial score (nSPS) is 11.4. The molecule has 0 bridgehead atoms. The third kappa shape index (κ3) is 4.83. The van der Waals surface area contributed by atoms with Crippen molar-refractivity contribution in [2.24, 2.45) is 11.7 Å². The number of pyridine rings is 1. The minimum absolute atomic E-state index is 0.456. The average molecular weight is 263 g/mol. The zero-order valence-electron chi connectivity index (χ0n) is 13.1. The second-order valence-electron chi connectivity index (χ2n) is 5.92. The zero-order valence-corrected chi connectivity index (χ0v) is 13.1. The molecule has 2 N–H and O–H groups in total. The van der Waals surface area contributed by atoms with E-state index in [0.717, 1.165) is 30.9 Å². The van der Waals surface area contributed by atoms with Gasteiger partial charge >= 0.3 is 0 Å². The highest BCUT2D eigenvalue weighted by molar-refractivity contribution is 5.43. The summed E-state index contributed by atoms with van der Waals surface area (Å²) in [6.07, 6.45) is 2.14. The summed E-state index contributed by atoms with van der Waals surface area (Å²) in [6, 6.07) is 4.74. The van der Waals surface area contributed by atoms with Crippen LogP contribution in [0.2, 0.25) is 0 Å². The van der Waals surface area contributed by atoms with E-state index in [-0.39, 0.29) is 0 Å². The highest BCUT2D eigenvalue weighted by Crippen LogP contribution is 2.19. The fourth-order valence-corrected chi connectivity index (χ4v) is 2.24. The Balaban J connectivity index is 3.09. The van der Waals surface area contributed by atoms with E-state index in [1.165, 1.54) is 5.56 Å². The molecule has 1 aromatic heterocycles. The van der Waals surface area contributed by atoms with E-state index in [1.54, 1.807) is 0 Å². The van der Waals surface area contributed by atoms with Crippen molar-refractivity contribution in [2.75, 3.05) is 11.4 Å². The van der Waals surface area contributed by atoms with Gasteiger partial charge < -0.3 is 10.6 Å². The van der Waals surface area contributed by atoms with Crippen molar-refractivity contribution in [3.8, 4) is 0 Å². The van der Waals surface area contributed by atoms with Crippen LogP contribution in [0.4, 0.5) is 5.82 Å². The SMILES string of the molecule is CCCc1cc(CN)cc(N(CC(C)C)C(C)C)n1. The second kappa shape index (κ2) is 7.49. The lowest BCUT2D eigenvalue weighted by Gasteiger charge is -2.30. The topological polar surface area (TPSA) is 42.1 Å². The number of anilines is 1. The average Bonchev–Trinajstić information content (AvgIpc) is 2.35. The van der Waals surface area contributed by atoms with E-state index in [0.29, 0.717) is 18.5 Å². The third-order valence-electron chi connectivity index (χ3n) is 3.15. The number of nitrogens with zero attached hydrogens (tertiary/aromatic N) is 2. The van der Waals surface area contributed by atoms with Crippen LogP contribution in [0.15, 0.2) is 12.1 Å². The molecule has 0 radical (unpaired) electrons. The van der Waals surface area contributed by atoms with Crippen LogP contribution in [0.5, 0.6) is 0 Å². The number of aromatic nitrogens is 1. The van der Waals surface area contributed by atoms with E-state index in [4.69, 9.17) is 10.7 Å². The summed E-state index contributed by atoms with van der Waals surface area (Å²) >= 11 is 0. The van der Waals surface area contributed by atoms with Crippen LogP contribution < -0.4 is 10.6 Å². The van der Waals surface area contributed by atoms with Crippen molar-refractivity contribution in [3.63, 3.8) is 0 Å². The molecule has 19 heavy (non-hydrogen) atoms. The first kappa shape index (κ1) is 16.0. The van der Waals surface area contributed by atoms with Gasteiger partial charge in [0.15, 0.2) is 0 Å². The smallest absolute Gasteiger partial charge is 0.129 e. The van der Waals surface area contributed by atoms with Gasteiger partial charge in [0.25, 0.3) is 0 Å². The van der Waals surface area contributed by atoms with Gasteiger partial charge in [0, 0.05) is 24.8 Å². The van der Waals surface area contributed by atoms with Crippen molar-refractivity contribution in [1.29, 1.82) is 0 Å². The first-order valence-corrected chi connectivity index (χ1v) is 7.44. The summed E-state index contributed by atoms with van der Waals surface area (Å²) in [5.41, 5.74) is 8.16. The lowest BCUT2D eigenvalue weighted by atomic mass is 10.1. The first-order chi connectivity index (χ1) is 8.97. The predicted molar refractivity (Wildman–Crippen MR) is 83.4 cm³/mol. The Morgan fingerprint density at radius 2 is 1.89 bits per heavy atom. The standard InChI is InChI=1S/C16H29N3/c1-6-7-15-8-14(10-17)9-16(18-15)19(13(4)5)11-12(2)3/h8-9,12-13H,6-7,10-11,17H2,1-5H3. The van der Waals surface area contributed by atoms with Crippen LogP contribution in [0.1, 0.15) is 52.3 Å². The lowest BCUT2D eigenvalue weighted by molar-refractivity contribution is 0.565. The number of aryl methyl sites for hydroxylation is 1. The van der Waals surface area contributed by atoms with Crippen LogP contribution in [0, 0.1) is 5.92 Å². The Bertz CT molecular complexity index is 386. The Morgan fingerprint density at radius 3 is 2.37 bits per heavy atom. The molecular weight excluding hydrogens is 234 g/mol. The summed E-state index contributed by atoms with van der Waals surface area (Å²) in [6.45, 7) is 12.7. The summed E-state index contributed by atoms with van der Waals surface area (Å²) in [5.74, 6) is 1.70. The van der Waals surface area contributed by atoms with Gasteiger partial charge in [0.05, 0.1) is 0 Å². The minimum Gasteiger partial charge on any atom is -0.354 e. The predicted octanol–water partition coefficient (Wildman–Crippen LogP) is 3.36. The molecule has 1 aromatic rings. The zero-order chi connectivity index (χ0) is 14.4. The van der Waals surface area contributed by atoms with Gasteiger partial charge in [-0.05, 0) is 43.9 Å². The molecule has 0 saturated carbocycles. The highest BCUT2D eigenvalue weighted by atomic mass is 15.2. The maximum atomic E-state index is 5.81. The molecule has 3 nitrogen and oxygen atoms in total. The van der Waals surface area contributed by atoms with Gasteiger partial charge in [-0.25, -0.2) is 4.98 Å². The number of rotatable bonds is 7. The van der Waals surface area contributed by atoms with Crippen LogP contribution in [-0.2, 0) is 13.0 Å². The van der Waals surface area contributed by atoms with Crippen LogP contribution in [-0.4, -0.2) is 17.6 Å². The third-order valence-corrected chi connectivity index (χ3v) is 3.15. The van der Waals surface area contributed by atoms with Crippen molar-refractivity contribution in [2.45, 2.75) is 60.0 Å². The molecular formula is C16H29N3. The molecule has 0 aliphatic rings. The molecule has 0 aliphatic heterocycles. The summed E-state index contributed by atoms with van der Waals surface area (Å²) < 4.78 is 0. The van der Waals surface area contributed by atoms with Gasteiger partial charge in [-0.1, -0.05) is 27.2 Å². The maximum Gasteiger partial charge on any atom is 0.129 e. The van der Waals surface area contributed by atoms with Gasteiger partial charge in [-0.2, -0.15) is 0 Å². The van der Waals surface area contributed by atoms with Gasteiger partial charge in [0.1, 0.15) is 5.82 Å². The van der Waals surface area contributed by atoms with E-state index in [2.05, 4.69) is 51.7 Å². The molecule has 1 rings (SSSR count). The lowest BCUT2D eigenvalue weighted by Crippen LogP contribution is -2.35. The van der Waals surface area contributed by atoms with Gasteiger partial charge in [0.2, 0.25) is 0 Å². The summed E-state index contributed by atoms with van der Waals surface area (Å²) in [5, 5.41) is 0. The van der Waals surface area contributed by atoms with E-state index in [1.807, 2.05) is 0 Å². The van der Waals surface area contributed by atoms with Crippen molar-refractivity contribution in [1.82, 2.24) is 4.98 Å². The molecule has 0 unspecified atom stereocenters. The van der Waals surface area contributed by atoms with Crippen LogP contribution in [0.3, 0.4) is 0 Å². The molecule has 0 atom stereocenters. The van der Waals surface area contributed by atoms with Crippen LogP contribution in [0.25, 0.3) is 0 Å². The van der Waals surface area contributed by atoms with E-state index >= 15 is 0 Å². The van der Waals surface area contributed by atoms with Crippen molar-refractivity contribution < 1.29 is 0 Å². The molecule has 0 spiro atoms. The monoisotopic (exact) mass is 263 g/mol. The van der Waals surface area contributed by atoms with E-state index < -0.39 is 0 Å². The maximum absolute atomic E-state index is 5.81. The van der Waals surface area contributed by atoms with Gasteiger partial charge in [-0.15, -0.1) is 0 Å². The molecule has 0 aliphatic carbocycles. The van der Waals surface area contributed by atoms with Gasteiger partial charge in [-0.3, -0.25) is 0 Å². The molecule has 0 aromatic carbocycles. The second-order valence-corrected chi connectivity index (χ2v) is 5.92. The molecule has 0 amide bonds. The number of hydrogen-bond donors (Lipinski definition) is 1. The largest absolute Gasteiger partial charge is 0.354 e. The molecule has 0 saturated heterocycles. The molecule has 3 heteroatoms. The number of hydrogen-bond acceptors (Lipinski definition) is 3. The number of nitrogens with two attached hydrogens (primary N) is 1. The Morgan fingerprint density at radius 1 is 1.21 bits per heavy atom. The van der Waals surface area contributed by atoms with Crippen LogP contribution >= 0.6 is 0 Å². The highest BCUT2D eigenvalue weighted by Gasteiger charge is 2.15. The first-order valence-electron chi connectivity index (χ1n) is 7.44. The Hall–Kier alpha value is -1.09. The van der Waals surface area contributed by atoms with Crippen molar-refractivity contribution in [3.05, 3.63) is 23.4 Å². The quantitative estimate of drug-likeness (QED) is 0.820. The Labute approximate surface area is 118 Å². The fraction of sp³-hybridized carbons (Fsp3) is 0.688. The van der Waals surface area contributed by atoms with E-state index in [9.17, 15) is 0 Å². The van der Waals surface area contributed by atoms with Crippen molar-refractivity contribution >= 4 is 5.82 Å². The molecule has 108 valence electrons. The molecule has 0 fully saturated rings. The fourth-order valence-electron chi connectivity index (χ4n) is 2.24. The minimum atomic E-state index is 0.456. The summed E-state index contributed by atoms with van der Waals surface area (Å²) in [7, 11) is 0.